The van der Waals surface area contributed by atoms with Crippen molar-refractivity contribution in [2.75, 3.05) is 6.54 Å². The van der Waals surface area contributed by atoms with Crippen LogP contribution in [0.15, 0.2) is 28.9 Å². The Bertz CT molecular complexity index is 464. The van der Waals surface area contributed by atoms with E-state index in [4.69, 9.17) is 17.3 Å². The first-order chi connectivity index (χ1) is 6.74. The molecule has 0 aliphatic carbocycles. The maximum Gasteiger partial charge on any atom is 0.0858 e. The molecule has 1 heterocycles. The third-order valence-corrected chi connectivity index (χ3v) is 3.18. The highest BCUT2D eigenvalue weighted by Crippen LogP contribution is 2.29. The van der Waals surface area contributed by atoms with Crippen molar-refractivity contribution < 1.29 is 0 Å². The van der Waals surface area contributed by atoms with Crippen LogP contribution in [0.25, 0.3) is 10.9 Å². The molecular weight excluding hydrogens is 263 g/mol. The standard InChI is InChI=1S/C10H10BrClN2/c11-10-6-7-8(12)2-1-3-9(7)14(10)5-4-13/h1-3,6H,4-5,13H2. The van der Waals surface area contributed by atoms with Crippen molar-refractivity contribution in [2.45, 2.75) is 6.54 Å². The van der Waals surface area contributed by atoms with Gasteiger partial charge in [-0.3, -0.25) is 0 Å². The normalized spacial score (nSPS) is 11.1. The van der Waals surface area contributed by atoms with Crippen LogP contribution in [0.3, 0.4) is 0 Å². The van der Waals surface area contributed by atoms with Gasteiger partial charge in [0.25, 0.3) is 0 Å². The summed E-state index contributed by atoms with van der Waals surface area (Å²) in [5.41, 5.74) is 6.66. The highest BCUT2D eigenvalue weighted by Gasteiger charge is 2.07. The van der Waals surface area contributed by atoms with E-state index in [1.807, 2.05) is 24.3 Å². The number of benzene rings is 1. The number of fused-ring (bicyclic) bond motifs is 1. The first-order valence-electron chi connectivity index (χ1n) is 4.37. The lowest BCUT2D eigenvalue weighted by Crippen LogP contribution is -2.09. The summed E-state index contributed by atoms with van der Waals surface area (Å²) in [6, 6.07) is 7.90. The van der Waals surface area contributed by atoms with E-state index in [-0.39, 0.29) is 0 Å². The minimum absolute atomic E-state index is 0.620. The predicted octanol–water partition coefficient (Wildman–Crippen LogP) is 3.02. The van der Waals surface area contributed by atoms with Gasteiger partial charge in [-0.2, -0.15) is 0 Å². The Morgan fingerprint density at radius 1 is 1.43 bits per heavy atom. The molecule has 2 rings (SSSR count). The molecule has 0 saturated carbocycles. The van der Waals surface area contributed by atoms with Crippen molar-refractivity contribution in [1.82, 2.24) is 4.57 Å². The number of aromatic nitrogens is 1. The molecule has 0 aliphatic rings. The third kappa shape index (κ3) is 1.56. The number of nitrogens with zero attached hydrogens (tertiary/aromatic N) is 1. The van der Waals surface area contributed by atoms with Gasteiger partial charge in [0.2, 0.25) is 0 Å². The summed E-state index contributed by atoms with van der Waals surface area (Å²) in [4.78, 5) is 0. The summed E-state index contributed by atoms with van der Waals surface area (Å²) in [5.74, 6) is 0. The van der Waals surface area contributed by atoms with E-state index in [1.54, 1.807) is 0 Å². The first-order valence-corrected chi connectivity index (χ1v) is 5.54. The largest absolute Gasteiger partial charge is 0.334 e. The number of hydrogen-bond donors (Lipinski definition) is 1. The van der Waals surface area contributed by atoms with Gasteiger partial charge in [-0.25, -0.2) is 0 Å². The maximum atomic E-state index is 6.08. The van der Waals surface area contributed by atoms with Crippen molar-refractivity contribution in [1.29, 1.82) is 0 Å². The zero-order valence-corrected chi connectivity index (χ0v) is 9.85. The summed E-state index contributed by atoms with van der Waals surface area (Å²) < 4.78 is 3.13. The quantitative estimate of drug-likeness (QED) is 0.896. The number of hydrogen-bond acceptors (Lipinski definition) is 1. The van der Waals surface area contributed by atoms with Crippen LogP contribution >= 0.6 is 27.5 Å². The van der Waals surface area contributed by atoms with Crippen LogP contribution in [-0.4, -0.2) is 11.1 Å². The molecule has 0 radical (unpaired) electrons. The van der Waals surface area contributed by atoms with Crippen LogP contribution in [-0.2, 0) is 6.54 Å². The second kappa shape index (κ2) is 3.93. The van der Waals surface area contributed by atoms with Crippen molar-refractivity contribution in [3.63, 3.8) is 0 Å². The Morgan fingerprint density at radius 3 is 2.93 bits per heavy atom. The smallest absolute Gasteiger partial charge is 0.0858 e. The molecule has 0 amide bonds. The van der Waals surface area contributed by atoms with Gasteiger partial charge in [0.05, 0.1) is 10.1 Å². The number of nitrogens with two attached hydrogens (primary N) is 1. The summed E-state index contributed by atoms with van der Waals surface area (Å²) >= 11 is 9.57. The molecule has 0 saturated heterocycles. The van der Waals surface area contributed by atoms with Gasteiger partial charge in [-0.1, -0.05) is 17.7 Å². The Balaban J connectivity index is 2.70. The Hall–Kier alpha value is -0.510. The van der Waals surface area contributed by atoms with E-state index in [0.717, 1.165) is 27.1 Å². The van der Waals surface area contributed by atoms with Crippen molar-refractivity contribution in [3.05, 3.63) is 33.9 Å². The highest BCUT2D eigenvalue weighted by molar-refractivity contribution is 9.10. The van der Waals surface area contributed by atoms with Crippen LogP contribution < -0.4 is 5.73 Å². The van der Waals surface area contributed by atoms with Gasteiger partial charge in [-0.05, 0) is 34.1 Å². The summed E-state index contributed by atoms with van der Waals surface area (Å²) in [6.45, 7) is 1.42. The van der Waals surface area contributed by atoms with Gasteiger partial charge in [-0.15, -0.1) is 0 Å². The molecule has 1 aromatic heterocycles. The molecule has 0 unspecified atom stereocenters. The minimum Gasteiger partial charge on any atom is -0.334 e. The fourth-order valence-corrected chi connectivity index (χ4v) is 2.39. The Morgan fingerprint density at radius 2 is 2.21 bits per heavy atom. The average Bonchev–Trinajstić information content (AvgIpc) is 2.47. The molecule has 0 aliphatic heterocycles. The van der Waals surface area contributed by atoms with Crippen molar-refractivity contribution >= 4 is 38.4 Å². The molecule has 0 spiro atoms. The molecule has 0 bridgehead atoms. The lowest BCUT2D eigenvalue weighted by Gasteiger charge is -2.04. The summed E-state index contributed by atoms with van der Waals surface area (Å²) in [7, 11) is 0. The lowest BCUT2D eigenvalue weighted by molar-refractivity contribution is 0.722. The van der Waals surface area contributed by atoms with E-state index in [9.17, 15) is 0 Å². The van der Waals surface area contributed by atoms with Crippen LogP contribution in [0.2, 0.25) is 5.02 Å². The van der Waals surface area contributed by atoms with E-state index >= 15 is 0 Å². The molecule has 2 N–H and O–H groups in total. The van der Waals surface area contributed by atoms with Crippen LogP contribution in [0.5, 0.6) is 0 Å². The SMILES string of the molecule is NCCn1c(Br)cc2c(Cl)cccc21. The number of rotatable bonds is 2. The van der Waals surface area contributed by atoms with Crippen LogP contribution in [0.1, 0.15) is 0 Å². The van der Waals surface area contributed by atoms with Crippen LogP contribution in [0.4, 0.5) is 0 Å². The molecule has 14 heavy (non-hydrogen) atoms. The van der Waals surface area contributed by atoms with Gasteiger partial charge >= 0.3 is 0 Å². The molecule has 1 aromatic carbocycles. The fraction of sp³-hybridized carbons (Fsp3) is 0.200. The van der Waals surface area contributed by atoms with Gasteiger partial charge in [0.15, 0.2) is 0 Å². The number of halogens is 2. The Kier molecular flexibility index (Phi) is 2.81. The monoisotopic (exact) mass is 272 g/mol. The van der Waals surface area contributed by atoms with E-state index in [0.29, 0.717) is 6.54 Å². The summed E-state index contributed by atoms with van der Waals surface area (Å²) in [5, 5.41) is 1.84. The average molecular weight is 274 g/mol. The van der Waals surface area contributed by atoms with Crippen molar-refractivity contribution in [2.24, 2.45) is 5.73 Å². The molecule has 74 valence electrons. The summed E-state index contributed by atoms with van der Waals surface area (Å²) in [6.07, 6.45) is 0. The van der Waals surface area contributed by atoms with Gasteiger partial charge < -0.3 is 10.3 Å². The van der Waals surface area contributed by atoms with E-state index in [2.05, 4.69) is 20.5 Å². The second-order valence-electron chi connectivity index (χ2n) is 3.08. The third-order valence-electron chi connectivity index (χ3n) is 2.19. The molecule has 0 atom stereocenters. The highest BCUT2D eigenvalue weighted by atomic mass is 79.9. The van der Waals surface area contributed by atoms with E-state index < -0.39 is 0 Å². The van der Waals surface area contributed by atoms with Crippen molar-refractivity contribution in [3.8, 4) is 0 Å². The first kappa shape index (κ1) is 10.0. The zero-order valence-electron chi connectivity index (χ0n) is 7.50. The lowest BCUT2D eigenvalue weighted by atomic mass is 10.2. The Labute approximate surface area is 95.8 Å². The van der Waals surface area contributed by atoms with Gasteiger partial charge in [0.1, 0.15) is 0 Å². The maximum absolute atomic E-state index is 6.08. The molecule has 0 fully saturated rings. The zero-order chi connectivity index (χ0) is 10.1. The van der Waals surface area contributed by atoms with Crippen LogP contribution in [0, 0.1) is 0 Å². The minimum atomic E-state index is 0.620. The predicted molar refractivity (Wildman–Crippen MR) is 63.7 cm³/mol. The van der Waals surface area contributed by atoms with E-state index in [1.165, 1.54) is 0 Å². The topological polar surface area (TPSA) is 30.9 Å². The van der Waals surface area contributed by atoms with Gasteiger partial charge in [0, 0.05) is 23.5 Å². The molecule has 4 heteroatoms. The molecule has 2 nitrogen and oxygen atoms in total. The molecular formula is C10H10BrClN2. The molecule has 2 aromatic rings. The fourth-order valence-electron chi connectivity index (χ4n) is 1.57. The second-order valence-corrected chi connectivity index (χ2v) is 4.30.